The standard InChI is InChI=1S/C26H26F3N7O4/c1-15-23(16(2)35(33-15)14-22(37)34-8-10-40-11-9-34)32-25(38)18-13-30-36-21(26(27,28)29)12-19(31-24(18)36)17-6-4-5-7-20(17)39-3/h4-7,12-13H,8-11,14H2,1-3H3,(H,32,38). The van der Waals surface area contributed by atoms with E-state index in [1.807, 2.05) is 0 Å². The highest BCUT2D eigenvalue weighted by Crippen LogP contribution is 2.35. The van der Waals surface area contributed by atoms with Crippen LogP contribution in [-0.2, 0) is 22.3 Å². The number of rotatable bonds is 6. The number of morpholine rings is 1. The minimum absolute atomic E-state index is 0.0297. The lowest BCUT2D eigenvalue weighted by Crippen LogP contribution is -2.42. The number of para-hydroxylation sites is 1. The molecule has 0 unspecified atom stereocenters. The van der Waals surface area contributed by atoms with Crippen LogP contribution in [0.3, 0.4) is 0 Å². The first-order valence-corrected chi connectivity index (χ1v) is 12.4. The fourth-order valence-electron chi connectivity index (χ4n) is 4.57. The molecule has 40 heavy (non-hydrogen) atoms. The van der Waals surface area contributed by atoms with Crippen molar-refractivity contribution in [2.24, 2.45) is 0 Å². The van der Waals surface area contributed by atoms with E-state index in [-0.39, 0.29) is 29.4 Å². The van der Waals surface area contributed by atoms with Crippen molar-refractivity contribution in [2.45, 2.75) is 26.6 Å². The predicted molar refractivity (Wildman–Crippen MR) is 137 cm³/mol. The monoisotopic (exact) mass is 557 g/mol. The number of ether oxygens (including phenoxy) is 2. The lowest BCUT2D eigenvalue weighted by atomic mass is 10.1. The van der Waals surface area contributed by atoms with Gasteiger partial charge in [0.25, 0.3) is 5.91 Å². The van der Waals surface area contributed by atoms with E-state index in [1.54, 1.807) is 43.0 Å². The van der Waals surface area contributed by atoms with Gasteiger partial charge in [-0.1, -0.05) is 12.1 Å². The number of nitrogens with zero attached hydrogens (tertiary/aromatic N) is 6. The fourth-order valence-corrected chi connectivity index (χ4v) is 4.57. The van der Waals surface area contributed by atoms with E-state index < -0.39 is 17.8 Å². The third-order valence-corrected chi connectivity index (χ3v) is 6.66. The number of alkyl halides is 3. The summed E-state index contributed by atoms with van der Waals surface area (Å²) in [5.41, 5.74) is 0.0439. The molecule has 11 nitrogen and oxygen atoms in total. The summed E-state index contributed by atoms with van der Waals surface area (Å²) in [6, 6.07) is 7.37. The Morgan fingerprint density at radius 3 is 2.58 bits per heavy atom. The number of benzene rings is 1. The van der Waals surface area contributed by atoms with E-state index in [4.69, 9.17) is 9.47 Å². The second-order valence-electron chi connectivity index (χ2n) is 9.17. The van der Waals surface area contributed by atoms with Gasteiger partial charge in [-0.2, -0.15) is 23.4 Å². The largest absolute Gasteiger partial charge is 0.496 e. The molecule has 1 fully saturated rings. The zero-order valence-electron chi connectivity index (χ0n) is 21.9. The molecule has 0 saturated carbocycles. The Morgan fingerprint density at radius 1 is 1.15 bits per heavy atom. The van der Waals surface area contributed by atoms with Gasteiger partial charge < -0.3 is 19.7 Å². The molecule has 1 aliphatic rings. The molecule has 4 aromatic rings. The lowest BCUT2D eigenvalue weighted by molar-refractivity contribution is -0.142. The summed E-state index contributed by atoms with van der Waals surface area (Å²) < 4.78 is 54.8. The van der Waals surface area contributed by atoms with E-state index in [0.29, 0.717) is 59.2 Å². The third-order valence-electron chi connectivity index (χ3n) is 6.66. The van der Waals surface area contributed by atoms with Crippen LogP contribution in [0.25, 0.3) is 16.9 Å². The lowest BCUT2D eigenvalue weighted by Gasteiger charge is -2.26. The van der Waals surface area contributed by atoms with Gasteiger partial charge in [-0.25, -0.2) is 9.50 Å². The number of carbonyl (C=O) groups is 2. The van der Waals surface area contributed by atoms with E-state index >= 15 is 0 Å². The number of methoxy groups -OCH3 is 1. The van der Waals surface area contributed by atoms with Gasteiger partial charge in [0.1, 0.15) is 17.9 Å². The first kappa shape index (κ1) is 27.1. The second kappa shape index (κ2) is 10.6. The molecular formula is C26H26F3N7O4. The van der Waals surface area contributed by atoms with Crippen LogP contribution in [0.1, 0.15) is 27.4 Å². The number of hydrogen-bond acceptors (Lipinski definition) is 7. The number of carbonyl (C=O) groups excluding carboxylic acids is 2. The molecule has 1 N–H and O–H groups in total. The highest BCUT2D eigenvalue weighted by Gasteiger charge is 2.36. The van der Waals surface area contributed by atoms with Crippen molar-refractivity contribution >= 4 is 23.1 Å². The Morgan fingerprint density at radius 2 is 1.88 bits per heavy atom. The molecule has 0 aliphatic carbocycles. The molecule has 0 spiro atoms. The second-order valence-corrected chi connectivity index (χ2v) is 9.17. The minimum Gasteiger partial charge on any atom is -0.496 e. The number of aromatic nitrogens is 5. The summed E-state index contributed by atoms with van der Waals surface area (Å²) in [5.74, 6) is -0.538. The molecule has 3 aromatic heterocycles. The predicted octanol–water partition coefficient (Wildman–Crippen LogP) is 3.35. The summed E-state index contributed by atoms with van der Waals surface area (Å²) in [4.78, 5) is 32.1. The van der Waals surface area contributed by atoms with Crippen molar-refractivity contribution in [1.29, 1.82) is 0 Å². The van der Waals surface area contributed by atoms with Crippen LogP contribution in [0.15, 0.2) is 36.5 Å². The van der Waals surface area contributed by atoms with Crippen molar-refractivity contribution in [1.82, 2.24) is 29.3 Å². The van der Waals surface area contributed by atoms with E-state index in [9.17, 15) is 22.8 Å². The summed E-state index contributed by atoms with van der Waals surface area (Å²) in [6.07, 6.45) is -3.74. The van der Waals surface area contributed by atoms with Crippen LogP contribution < -0.4 is 10.1 Å². The topological polar surface area (TPSA) is 116 Å². The summed E-state index contributed by atoms with van der Waals surface area (Å²) in [7, 11) is 1.40. The first-order valence-electron chi connectivity index (χ1n) is 12.4. The summed E-state index contributed by atoms with van der Waals surface area (Å²) >= 11 is 0. The number of halogens is 3. The first-order chi connectivity index (χ1) is 19.1. The molecule has 1 saturated heterocycles. The number of hydrogen-bond donors (Lipinski definition) is 1. The quantitative estimate of drug-likeness (QED) is 0.387. The number of aryl methyl sites for hydroxylation is 1. The van der Waals surface area contributed by atoms with Gasteiger partial charge in [-0.15, -0.1) is 0 Å². The van der Waals surface area contributed by atoms with Crippen LogP contribution >= 0.6 is 0 Å². The molecule has 0 atom stereocenters. The molecule has 1 aromatic carbocycles. The zero-order valence-corrected chi connectivity index (χ0v) is 21.9. The van der Waals surface area contributed by atoms with Gasteiger partial charge in [-0.05, 0) is 32.0 Å². The van der Waals surface area contributed by atoms with E-state index in [2.05, 4.69) is 20.5 Å². The Hall–Kier alpha value is -4.46. The molecule has 0 radical (unpaired) electrons. The van der Waals surface area contributed by atoms with Crippen LogP contribution in [0.5, 0.6) is 5.75 Å². The van der Waals surface area contributed by atoms with Crippen LogP contribution in [0.4, 0.5) is 18.9 Å². The van der Waals surface area contributed by atoms with E-state index in [0.717, 1.165) is 12.3 Å². The molecular weight excluding hydrogens is 531 g/mol. The van der Waals surface area contributed by atoms with Crippen LogP contribution in [0.2, 0.25) is 0 Å². The molecule has 4 heterocycles. The van der Waals surface area contributed by atoms with Gasteiger partial charge in [0.15, 0.2) is 11.3 Å². The van der Waals surface area contributed by atoms with Gasteiger partial charge >= 0.3 is 6.18 Å². The van der Waals surface area contributed by atoms with Crippen LogP contribution in [-0.4, -0.2) is 74.5 Å². The SMILES string of the molecule is COc1ccccc1-c1cc(C(F)(F)F)n2ncc(C(=O)Nc3c(C)nn(CC(=O)N4CCOCC4)c3C)c2n1. The Bertz CT molecular complexity index is 1590. The summed E-state index contributed by atoms with van der Waals surface area (Å²) in [6.45, 7) is 5.23. The number of fused-ring (bicyclic) bond motifs is 1. The van der Waals surface area contributed by atoms with Gasteiger partial charge in [-0.3, -0.25) is 14.3 Å². The van der Waals surface area contributed by atoms with Gasteiger partial charge in [0.2, 0.25) is 5.91 Å². The average molecular weight is 558 g/mol. The maximum absolute atomic E-state index is 14.0. The molecule has 2 amide bonds. The molecule has 0 bridgehead atoms. The molecule has 5 rings (SSSR count). The zero-order chi connectivity index (χ0) is 28.6. The van der Waals surface area contributed by atoms with Crippen molar-refractivity contribution in [3.8, 4) is 17.0 Å². The minimum atomic E-state index is -4.78. The van der Waals surface area contributed by atoms with Crippen molar-refractivity contribution in [3.63, 3.8) is 0 Å². The number of amides is 2. The maximum atomic E-state index is 14.0. The highest BCUT2D eigenvalue weighted by molar-refractivity contribution is 6.08. The van der Waals surface area contributed by atoms with Crippen molar-refractivity contribution in [3.05, 3.63) is 59.2 Å². The highest BCUT2D eigenvalue weighted by atomic mass is 19.4. The normalized spacial score (nSPS) is 14.0. The molecule has 14 heteroatoms. The van der Waals surface area contributed by atoms with E-state index in [1.165, 1.54) is 11.8 Å². The fraction of sp³-hybridized carbons (Fsp3) is 0.346. The van der Waals surface area contributed by atoms with Crippen molar-refractivity contribution < 1.29 is 32.2 Å². The summed E-state index contributed by atoms with van der Waals surface area (Å²) in [5, 5.41) is 10.9. The van der Waals surface area contributed by atoms with Gasteiger partial charge in [0, 0.05) is 18.7 Å². The maximum Gasteiger partial charge on any atom is 0.433 e. The van der Waals surface area contributed by atoms with Gasteiger partial charge in [0.05, 0.1) is 49.3 Å². The average Bonchev–Trinajstić information content (AvgIpc) is 3.48. The number of nitrogens with one attached hydrogen (secondary N) is 1. The van der Waals surface area contributed by atoms with Crippen LogP contribution in [0, 0.1) is 13.8 Å². The Balaban J connectivity index is 1.49. The Labute approximate surface area is 226 Å². The third kappa shape index (κ3) is 5.09. The smallest absolute Gasteiger partial charge is 0.433 e. The van der Waals surface area contributed by atoms with Crippen molar-refractivity contribution in [2.75, 3.05) is 38.7 Å². The molecule has 1 aliphatic heterocycles. The molecule has 210 valence electrons. The Kier molecular flexibility index (Phi) is 7.19. The number of anilines is 1.